The largest absolute Gasteiger partial charge is 0.444 e. The van der Waals surface area contributed by atoms with Gasteiger partial charge < -0.3 is 28.4 Å². The number of amides is 1. The minimum Gasteiger partial charge on any atom is -0.444 e. The van der Waals surface area contributed by atoms with Crippen molar-refractivity contribution in [1.82, 2.24) is 14.9 Å². The van der Waals surface area contributed by atoms with Gasteiger partial charge in [0.2, 0.25) is 0 Å². The maximum Gasteiger partial charge on any atom is 0.407 e. The highest BCUT2D eigenvalue weighted by Gasteiger charge is 2.47. The van der Waals surface area contributed by atoms with E-state index in [0.717, 1.165) is 0 Å². The average molecular weight is 884 g/mol. The van der Waals surface area contributed by atoms with Crippen molar-refractivity contribution < 1.29 is 32.7 Å². The second-order valence-electron chi connectivity index (χ2n) is 17.4. The number of esters is 1. The molecule has 2 aromatic rings. The monoisotopic (exact) mass is 883 g/mol. The van der Waals surface area contributed by atoms with E-state index in [-0.39, 0.29) is 22.6 Å². The lowest BCUT2D eigenvalue weighted by molar-refractivity contribution is -0.134. The van der Waals surface area contributed by atoms with Crippen molar-refractivity contribution in [3.63, 3.8) is 0 Å². The van der Waals surface area contributed by atoms with E-state index < -0.39 is 63.9 Å². The summed E-state index contributed by atoms with van der Waals surface area (Å²) < 4.78 is 32.7. The summed E-state index contributed by atoms with van der Waals surface area (Å²) in [5, 5.41) is 2.35. The minimum absolute atomic E-state index is 0.0240. The molecule has 1 aliphatic rings. The molecule has 2 heterocycles. The zero-order valence-corrected chi connectivity index (χ0v) is 37.7. The minimum atomic E-state index is -2.42. The lowest BCUT2D eigenvalue weighted by Gasteiger charge is -2.41. The quantitative estimate of drug-likeness (QED) is 0.0729. The van der Waals surface area contributed by atoms with Crippen molar-refractivity contribution in [3.05, 3.63) is 60.4 Å². The molecule has 0 bridgehead atoms. The Kier molecular flexibility index (Phi) is 14.6. The Bertz CT molecular complexity index is 1800. The lowest BCUT2D eigenvalue weighted by atomic mass is 10.1. The second kappa shape index (κ2) is 17.4. The van der Waals surface area contributed by atoms with E-state index in [4.69, 9.17) is 23.1 Å². The molecule has 0 radical (unpaired) electrons. The maximum absolute atomic E-state index is 12.8. The molecule has 294 valence electrons. The molecule has 2 N–H and O–H groups in total. The average Bonchev–Trinajstić information content (AvgIpc) is 3.37. The fourth-order valence-electron chi connectivity index (χ4n) is 5.06. The molecule has 15 heteroatoms. The van der Waals surface area contributed by atoms with Gasteiger partial charge >= 0.3 is 17.8 Å². The van der Waals surface area contributed by atoms with Crippen LogP contribution in [0.25, 0.3) is 0 Å². The SMILES string of the molecule is CC(CC(=O)Oc1cccc(C#CCC(C)(C)[Si](C)(C)OCC2OC(n3cc(I)c(=O)[nH]c3=O)CC2O[Si](C)(C)C(C)(C)C)c1)NC(=O)OC(C)(C)C. The van der Waals surface area contributed by atoms with E-state index in [2.05, 4.69) is 82.9 Å². The molecule has 4 atom stereocenters. The highest BCUT2D eigenvalue weighted by atomic mass is 127. The third kappa shape index (κ3) is 12.9. The van der Waals surface area contributed by atoms with Crippen molar-refractivity contribution >= 4 is 51.3 Å². The standard InChI is InChI=1S/C38H58IN3O9Si2/c1-25(40-35(46)50-36(2,3)4)20-32(43)48-27-18-14-16-26(21-27)17-15-19-38(8,9)53(12,13)47-24-30-29(51-52(10,11)37(5,6)7)22-31(49-30)42-23-28(39)33(44)41-34(42)45/h14,16,18,21,23,25,29-31H,19-20,22,24H2,1-13H3,(H,40,46)(H,41,44,45). The molecule has 0 spiro atoms. The Morgan fingerprint density at radius 2 is 1.74 bits per heavy atom. The predicted octanol–water partition coefficient (Wildman–Crippen LogP) is 7.47. The van der Waals surface area contributed by atoms with Crippen molar-refractivity contribution in [2.45, 2.75) is 148 Å². The molecule has 1 amide bonds. The maximum atomic E-state index is 12.8. The summed E-state index contributed by atoms with van der Waals surface area (Å²) in [5.74, 6) is 6.41. The number of halogens is 1. The number of hydrogen-bond acceptors (Lipinski definition) is 9. The second-order valence-corrected chi connectivity index (χ2v) is 27.9. The number of aromatic nitrogens is 2. The molecule has 12 nitrogen and oxygen atoms in total. The van der Waals surface area contributed by atoms with Gasteiger partial charge in [0, 0.05) is 30.6 Å². The first-order valence-electron chi connectivity index (χ1n) is 18.0. The third-order valence-electron chi connectivity index (χ3n) is 9.97. The van der Waals surface area contributed by atoms with Crippen LogP contribution in [-0.2, 0) is 23.1 Å². The molecule has 0 saturated carbocycles. The van der Waals surface area contributed by atoms with Crippen LogP contribution < -0.4 is 21.3 Å². The summed E-state index contributed by atoms with van der Waals surface area (Å²) in [6.07, 6.45) is 0.619. The van der Waals surface area contributed by atoms with Crippen LogP contribution in [0.5, 0.6) is 5.75 Å². The van der Waals surface area contributed by atoms with Gasteiger partial charge in [-0.05, 0) is 105 Å². The molecular formula is C38H58IN3O9Si2. The van der Waals surface area contributed by atoms with E-state index in [0.29, 0.717) is 34.3 Å². The van der Waals surface area contributed by atoms with Crippen molar-refractivity contribution in [1.29, 1.82) is 0 Å². The van der Waals surface area contributed by atoms with Gasteiger partial charge in [0.15, 0.2) is 16.6 Å². The van der Waals surface area contributed by atoms with Crippen LogP contribution in [0, 0.1) is 15.4 Å². The van der Waals surface area contributed by atoms with Gasteiger partial charge in [-0.25, -0.2) is 9.59 Å². The van der Waals surface area contributed by atoms with E-state index in [9.17, 15) is 19.2 Å². The molecule has 1 fully saturated rings. The van der Waals surface area contributed by atoms with E-state index in [1.807, 2.05) is 28.7 Å². The summed E-state index contributed by atoms with van der Waals surface area (Å²) in [7, 11) is -4.62. The first kappa shape index (κ1) is 44.6. The first-order chi connectivity index (χ1) is 24.2. The van der Waals surface area contributed by atoms with Gasteiger partial charge in [-0.2, -0.15) is 0 Å². The van der Waals surface area contributed by atoms with Crippen LogP contribution in [-0.4, -0.2) is 68.7 Å². The summed E-state index contributed by atoms with van der Waals surface area (Å²) >= 11 is 1.91. The first-order valence-corrected chi connectivity index (χ1v) is 24.9. The number of rotatable bonds is 12. The van der Waals surface area contributed by atoms with Gasteiger partial charge in [-0.3, -0.25) is 19.1 Å². The van der Waals surface area contributed by atoms with Crippen LogP contribution in [0.2, 0.25) is 36.3 Å². The zero-order valence-electron chi connectivity index (χ0n) is 33.5. The highest BCUT2D eigenvalue weighted by molar-refractivity contribution is 14.1. The molecular weight excluding hydrogens is 826 g/mol. The van der Waals surface area contributed by atoms with Gasteiger partial charge in [0.25, 0.3) is 5.56 Å². The number of aromatic amines is 1. The zero-order chi connectivity index (χ0) is 40.2. The molecule has 1 aromatic carbocycles. The van der Waals surface area contributed by atoms with E-state index >= 15 is 0 Å². The van der Waals surface area contributed by atoms with Gasteiger partial charge in [0.05, 0.1) is 22.7 Å². The number of alkyl carbamates (subject to hydrolysis) is 1. The van der Waals surface area contributed by atoms with Gasteiger partial charge in [-0.15, -0.1) is 0 Å². The van der Waals surface area contributed by atoms with Crippen LogP contribution in [0.3, 0.4) is 0 Å². The van der Waals surface area contributed by atoms with Crippen molar-refractivity contribution in [2.24, 2.45) is 0 Å². The summed E-state index contributed by atoms with van der Waals surface area (Å²) in [4.78, 5) is 51.8. The predicted molar refractivity (Wildman–Crippen MR) is 219 cm³/mol. The normalized spacial score (nSPS) is 18.9. The molecule has 1 aromatic heterocycles. The van der Waals surface area contributed by atoms with Gasteiger partial charge in [-0.1, -0.05) is 52.5 Å². The Balaban J connectivity index is 1.67. The lowest BCUT2D eigenvalue weighted by Crippen LogP contribution is -2.48. The summed E-state index contributed by atoms with van der Waals surface area (Å²) in [6, 6.07) is 6.57. The molecule has 3 rings (SSSR count). The third-order valence-corrected chi connectivity index (χ3v) is 19.6. The Morgan fingerprint density at radius 3 is 2.36 bits per heavy atom. The summed E-state index contributed by atoms with van der Waals surface area (Å²) in [6.45, 7) is 26.9. The number of hydrogen-bond donors (Lipinski definition) is 2. The van der Waals surface area contributed by atoms with Crippen molar-refractivity contribution in [2.75, 3.05) is 6.61 Å². The van der Waals surface area contributed by atoms with Crippen LogP contribution >= 0.6 is 22.6 Å². The molecule has 4 unspecified atom stereocenters. The topological polar surface area (TPSA) is 147 Å². The smallest absolute Gasteiger partial charge is 0.407 e. The molecule has 1 saturated heterocycles. The number of carbonyl (C=O) groups is 2. The van der Waals surface area contributed by atoms with E-state index in [1.165, 1.54) is 10.8 Å². The number of nitrogens with one attached hydrogen (secondary N) is 2. The Morgan fingerprint density at radius 1 is 1.08 bits per heavy atom. The molecule has 0 aliphatic carbocycles. The molecule has 53 heavy (non-hydrogen) atoms. The number of nitrogens with zero attached hydrogens (tertiary/aromatic N) is 1. The fraction of sp³-hybridized carbons (Fsp3) is 0.632. The fourth-order valence-corrected chi connectivity index (χ4v) is 8.34. The number of carbonyl (C=O) groups excluding carboxylic acids is 2. The number of ether oxygens (including phenoxy) is 3. The van der Waals surface area contributed by atoms with Crippen LogP contribution in [0.1, 0.15) is 93.4 Å². The van der Waals surface area contributed by atoms with E-state index in [1.54, 1.807) is 45.9 Å². The van der Waals surface area contributed by atoms with Gasteiger partial charge in [0.1, 0.15) is 23.7 Å². The Hall–Kier alpha value is -2.76. The molecule has 1 aliphatic heterocycles. The number of benzene rings is 1. The van der Waals surface area contributed by atoms with Crippen LogP contribution in [0.15, 0.2) is 40.1 Å². The summed E-state index contributed by atoms with van der Waals surface area (Å²) in [5.41, 5.74) is -0.881. The van der Waals surface area contributed by atoms with Crippen LogP contribution in [0.4, 0.5) is 4.79 Å². The van der Waals surface area contributed by atoms with Crippen molar-refractivity contribution in [3.8, 4) is 17.6 Å². The number of H-pyrrole nitrogens is 1. The Labute approximate surface area is 329 Å². The highest BCUT2D eigenvalue weighted by Crippen LogP contribution is 2.43.